The highest BCUT2D eigenvalue weighted by atomic mass is 16.3. The van der Waals surface area contributed by atoms with E-state index in [1.807, 2.05) is 11.0 Å². The number of amides is 1. The van der Waals surface area contributed by atoms with Gasteiger partial charge < -0.3 is 9.32 Å². The fourth-order valence-electron chi connectivity index (χ4n) is 2.62. The molecule has 1 aliphatic heterocycles. The molecule has 5 nitrogen and oxygen atoms in total. The molecule has 0 aliphatic carbocycles. The Balaban J connectivity index is 1.57. The summed E-state index contributed by atoms with van der Waals surface area (Å²) in [5.74, 6) is 1.28. The second-order valence-electron chi connectivity index (χ2n) is 6.96. The number of furan rings is 1. The Morgan fingerprint density at radius 3 is 2.55 bits per heavy atom. The Labute approximate surface area is 130 Å². The second-order valence-corrected chi connectivity index (χ2v) is 6.96. The topological polar surface area (TPSA) is 59.2 Å². The van der Waals surface area contributed by atoms with Gasteiger partial charge in [-0.1, -0.05) is 20.8 Å². The van der Waals surface area contributed by atoms with Crippen molar-refractivity contribution in [3.63, 3.8) is 0 Å². The largest absolute Gasteiger partial charge is 0.472 e. The van der Waals surface area contributed by atoms with Crippen molar-refractivity contribution in [2.24, 2.45) is 5.92 Å². The highest BCUT2D eigenvalue weighted by Crippen LogP contribution is 2.23. The van der Waals surface area contributed by atoms with Gasteiger partial charge in [-0.05, 0) is 24.0 Å². The minimum Gasteiger partial charge on any atom is -0.472 e. The molecule has 1 amide bonds. The van der Waals surface area contributed by atoms with E-state index < -0.39 is 0 Å². The van der Waals surface area contributed by atoms with Crippen molar-refractivity contribution in [2.75, 3.05) is 13.1 Å². The molecule has 1 aliphatic rings. The molecule has 3 rings (SSSR count). The summed E-state index contributed by atoms with van der Waals surface area (Å²) in [4.78, 5) is 22.9. The summed E-state index contributed by atoms with van der Waals surface area (Å²) in [6.07, 6.45) is 7.69. The average Bonchev–Trinajstić information content (AvgIpc) is 2.94. The summed E-state index contributed by atoms with van der Waals surface area (Å²) in [6.45, 7) is 7.73. The molecular weight excluding hydrogens is 278 g/mol. The number of carbonyl (C=O) groups excluding carboxylic acids is 1. The van der Waals surface area contributed by atoms with Gasteiger partial charge in [-0.25, -0.2) is 9.97 Å². The minimum atomic E-state index is -0.103. The van der Waals surface area contributed by atoms with Crippen molar-refractivity contribution in [1.29, 1.82) is 0 Å². The number of hydrogen-bond acceptors (Lipinski definition) is 4. The molecule has 0 unspecified atom stereocenters. The molecule has 0 atom stereocenters. The lowest BCUT2D eigenvalue weighted by molar-refractivity contribution is 0.0500. The first kappa shape index (κ1) is 14.8. The molecule has 22 heavy (non-hydrogen) atoms. The third kappa shape index (κ3) is 3.03. The van der Waals surface area contributed by atoms with Crippen molar-refractivity contribution in [3.05, 3.63) is 47.9 Å². The molecule has 0 saturated carbocycles. The maximum absolute atomic E-state index is 12.4. The molecule has 116 valence electrons. The number of carbonyl (C=O) groups is 1. The lowest BCUT2D eigenvalue weighted by atomic mass is 9.93. The van der Waals surface area contributed by atoms with Crippen LogP contribution in [-0.2, 0) is 11.8 Å². The molecule has 0 radical (unpaired) electrons. The van der Waals surface area contributed by atoms with Gasteiger partial charge >= 0.3 is 0 Å². The fourth-order valence-corrected chi connectivity index (χ4v) is 2.62. The zero-order valence-corrected chi connectivity index (χ0v) is 13.2. The van der Waals surface area contributed by atoms with Crippen molar-refractivity contribution in [1.82, 2.24) is 14.9 Å². The summed E-state index contributed by atoms with van der Waals surface area (Å²) >= 11 is 0. The fraction of sp³-hybridized carbons (Fsp3) is 0.471. The summed E-state index contributed by atoms with van der Waals surface area (Å²) in [5.41, 5.74) is 1.65. The van der Waals surface area contributed by atoms with Crippen LogP contribution < -0.4 is 0 Å². The third-order valence-electron chi connectivity index (χ3n) is 3.92. The number of hydrogen-bond donors (Lipinski definition) is 0. The van der Waals surface area contributed by atoms with E-state index in [1.54, 1.807) is 24.9 Å². The maximum atomic E-state index is 12.4. The molecule has 0 N–H and O–H groups in total. The lowest BCUT2D eigenvalue weighted by Crippen LogP contribution is -2.50. The van der Waals surface area contributed by atoms with Gasteiger partial charge in [0.15, 0.2) is 0 Å². The van der Waals surface area contributed by atoms with Gasteiger partial charge in [0.25, 0.3) is 5.91 Å². The average molecular weight is 299 g/mol. The van der Waals surface area contributed by atoms with E-state index in [4.69, 9.17) is 4.42 Å². The number of rotatable bonds is 3. The first-order valence-electron chi connectivity index (χ1n) is 7.56. The van der Waals surface area contributed by atoms with Crippen LogP contribution in [0.5, 0.6) is 0 Å². The van der Waals surface area contributed by atoms with Crippen LogP contribution in [0.1, 0.15) is 42.5 Å². The van der Waals surface area contributed by atoms with Crippen LogP contribution in [0.15, 0.2) is 35.4 Å². The third-order valence-corrected chi connectivity index (χ3v) is 3.92. The quantitative estimate of drug-likeness (QED) is 0.874. The normalized spacial score (nSPS) is 15.7. The number of nitrogens with zero attached hydrogens (tertiary/aromatic N) is 3. The maximum Gasteiger partial charge on any atom is 0.257 e. The van der Waals surface area contributed by atoms with E-state index in [-0.39, 0.29) is 11.3 Å². The Morgan fingerprint density at radius 1 is 1.32 bits per heavy atom. The van der Waals surface area contributed by atoms with Crippen LogP contribution in [0.4, 0.5) is 0 Å². The van der Waals surface area contributed by atoms with E-state index in [9.17, 15) is 4.79 Å². The summed E-state index contributed by atoms with van der Waals surface area (Å²) in [6, 6.07) is 1.98. The molecule has 1 saturated heterocycles. The van der Waals surface area contributed by atoms with Gasteiger partial charge in [-0.15, -0.1) is 0 Å². The van der Waals surface area contributed by atoms with Crippen LogP contribution in [-0.4, -0.2) is 33.9 Å². The van der Waals surface area contributed by atoms with Crippen LogP contribution in [0, 0.1) is 5.92 Å². The van der Waals surface area contributed by atoms with Crippen LogP contribution in [0.2, 0.25) is 0 Å². The van der Waals surface area contributed by atoms with E-state index in [1.165, 1.54) is 5.56 Å². The van der Waals surface area contributed by atoms with Crippen molar-refractivity contribution >= 4 is 5.91 Å². The Hall–Kier alpha value is -2.17. The molecule has 5 heteroatoms. The van der Waals surface area contributed by atoms with Crippen LogP contribution >= 0.6 is 0 Å². The summed E-state index contributed by atoms with van der Waals surface area (Å²) in [7, 11) is 0. The molecule has 0 bridgehead atoms. The monoisotopic (exact) mass is 299 g/mol. The predicted octanol–water partition coefficient (Wildman–Crippen LogP) is 2.68. The lowest BCUT2D eigenvalue weighted by Gasteiger charge is -2.39. The molecule has 2 aromatic heterocycles. The molecule has 0 spiro atoms. The van der Waals surface area contributed by atoms with Gasteiger partial charge in [0.1, 0.15) is 5.82 Å². The minimum absolute atomic E-state index is 0.0175. The van der Waals surface area contributed by atoms with Gasteiger partial charge in [0.2, 0.25) is 0 Å². The van der Waals surface area contributed by atoms with Gasteiger partial charge in [-0.3, -0.25) is 4.79 Å². The number of aromatic nitrogens is 2. The first-order chi connectivity index (χ1) is 10.4. The first-order valence-corrected chi connectivity index (χ1v) is 7.56. The van der Waals surface area contributed by atoms with E-state index in [0.717, 1.165) is 25.3 Å². The Bertz CT molecular complexity index is 636. The summed E-state index contributed by atoms with van der Waals surface area (Å²) in [5, 5.41) is 0. The highest BCUT2D eigenvalue weighted by molar-refractivity contribution is 5.94. The molecule has 3 heterocycles. The van der Waals surface area contributed by atoms with E-state index in [0.29, 0.717) is 11.5 Å². The smallest absolute Gasteiger partial charge is 0.257 e. The highest BCUT2D eigenvalue weighted by Gasteiger charge is 2.31. The van der Waals surface area contributed by atoms with E-state index >= 15 is 0 Å². The Morgan fingerprint density at radius 2 is 2.00 bits per heavy atom. The predicted molar refractivity (Wildman–Crippen MR) is 82.5 cm³/mol. The number of likely N-dealkylation sites (tertiary alicyclic amines) is 1. The van der Waals surface area contributed by atoms with E-state index in [2.05, 4.69) is 30.7 Å². The van der Waals surface area contributed by atoms with Crippen molar-refractivity contribution in [3.8, 4) is 0 Å². The van der Waals surface area contributed by atoms with Crippen LogP contribution in [0.3, 0.4) is 0 Å². The zero-order chi connectivity index (χ0) is 15.7. The summed E-state index contributed by atoms with van der Waals surface area (Å²) < 4.78 is 5.07. The molecule has 1 fully saturated rings. The molecular formula is C17H21N3O2. The van der Waals surface area contributed by atoms with Gasteiger partial charge in [-0.2, -0.15) is 0 Å². The molecule has 2 aromatic rings. The standard InChI is InChI=1S/C17H21N3O2/c1-17(2,3)16-18-7-14(8-19-16)15(21)20-9-13(10-20)6-12-4-5-22-11-12/h4-5,7-8,11,13H,6,9-10H2,1-3H3. The van der Waals surface area contributed by atoms with Crippen molar-refractivity contribution in [2.45, 2.75) is 32.6 Å². The van der Waals surface area contributed by atoms with Gasteiger partial charge in [0, 0.05) is 30.9 Å². The molecule has 0 aromatic carbocycles. The zero-order valence-electron chi connectivity index (χ0n) is 13.2. The van der Waals surface area contributed by atoms with Crippen molar-refractivity contribution < 1.29 is 9.21 Å². The Kier molecular flexibility index (Phi) is 3.72. The second kappa shape index (κ2) is 5.55. The van der Waals surface area contributed by atoms with Gasteiger partial charge in [0.05, 0.1) is 18.1 Å². The van der Waals surface area contributed by atoms with Crippen LogP contribution in [0.25, 0.3) is 0 Å². The SMILES string of the molecule is CC(C)(C)c1ncc(C(=O)N2CC(Cc3ccoc3)C2)cn1.